The number of aryl methyl sites for hydroxylation is 1. The van der Waals surface area contributed by atoms with Gasteiger partial charge in [-0.15, -0.1) is 5.10 Å². The Bertz CT molecular complexity index is 888. The molecule has 1 aliphatic heterocycles. The molecule has 2 heterocycles. The Morgan fingerprint density at radius 3 is 2.28 bits per heavy atom. The number of hydrogen-bond donors (Lipinski definition) is 0. The molecule has 0 bridgehead atoms. The Labute approximate surface area is 145 Å². The van der Waals surface area contributed by atoms with Crippen molar-refractivity contribution in [3.63, 3.8) is 0 Å². The summed E-state index contributed by atoms with van der Waals surface area (Å²) in [6.07, 6.45) is 0. The van der Waals surface area contributed by atoms with Crippen molar-refractivity contribution < 1.29 is 4.39 Å². The van der Waals surface area contributed by atoms with Gasteiger partial charge in [-0.25, -0.2) is 4.39 Å². The van der Waals surface area contributed by atoms with Gasteiger partial charge in [-0.2, -0.15) is 15.6 Å². The van der Waals surface area contributed by atoms with Crippen molar-refractivity contribution in [3.05, 3.63) is 46.4 Å². The first-order valence-corrected chi connectivity index (χ1v) is 7.98. The number of nitriles is 2. The SMILES string of the molecule is Cc1nnc(N2CCN(c3ccc(C#N)cc3F)CC2)c(C#N)c1C. The molecule has 7 heteroatoms. The largest absolute Gasteiger partial charge is 0.366 e. The molecule has 1 aromatic heterocycles. The second-order valence-electron chi connectivity index (χ2n) is 5.97. The molecule has 0 radical (unpaired) electrons. The third kappa shape index (κ3) is 3.09. The number of rotatable bonds is 2. The van der Waals surface area contributed by atoms with Gasteiger partial charge in [0.2, 0.25) is 0 Å². The van der Waals surface area contributed by atoms with Crippen LogP contribution in [-0.4, -0.2) is 36.4 Å². The van der Waals surface area contributed by atoms with E-state index in [4.69, 9.17) is 5.26 Å². The highest BCUT2D eigenvalue weighted by atomic mass is 19.1. The maximum atomic E-state index is 14.2. The van der Waals surface area contributed by atoms with Crippen LogP contribution in [0.15, 0.2) is 18.2 Å². The number of benzene rings is 1. The van der Waals surface area contributed by atoms with E-state index in [1.807, 2.05) is 29.7 Å². The zero-order valence-corrected chi connectivity index (χ0v) is 14.1. The van der Waals surface area contributed by atoms with Crippen molar-refractivity contribution in [2.24, 2.45) is 0 Å². The van der Waals surface area contributed by atoms with Crippen LogP contribution in [0.4, 0.5) is 15.9 Å². The Morgan fingerprint density at radius 2 is 1.68 bits per heavy atom. The molecule has 0 saturated carbocycles. The monoisotopic (exact) mass is 336 g/mol. The minimum atomic E-state index is -0.392. The van der Waals surface area contributed by atoms with Crippen molar-refractivity contribution in [1.82, 2.24) is 10.2 Å². The normalized spacial score (nSPS) is 14.1. The molecule has 1 aromatic carbocycles. The second kappa shape index (κ2) is 6.74. The molecule has 0 aliphatic carbocycles. The van der Waals surface area contributed by atoms with Gasteiger partial charge in [0.1, 0.15) is 17.4 Å². The van der Waals surface area contributed by atoms with Gasteiger partial charge in [0.15, 0.2) is 5.82 Å². The molecule has 25 heavy (non-hydrogen) atoms. The van der Waals surface area contributed by atoms with E-state index in [9.17, 15) is 9.65 Å². The van der Waals surface area contributed by atoms with Gasteiger partial charge in [-0.05, 0) is 37.6 Å². The van der Waals surface area contributed by atoms with E-state index in [1.54, 1.807) is 12.1 Å². The zero-order valence-electron chi connectivity index (χ0n) is 14.1. The summed E-state index contributed by atoms with van der Waals surface area (Å²) >= 11 is 0. The highest BCUT2D eigenvalue weighted by molar-refractivity contribution is 5.59. The average molecular weight is 336 g/mol. The molecule has 0 unspecified atom stereocenters. The van der Waals surface area contributed by atoms with E-state index in [-0.39, 0.29) is 0 Å². The van der Waals surface area contributed by atoms with Crippen LogP contribution < -0.4 is 9.80 Å². The molecule has 3 rings (SSSR count). The molecule has 1 fully saturated rings. The molecular formula is C18H17FN6. The third-order valence-electron chi connectivity index (χ3n) is 4.54. The van der Waals surface area contributed by atoms with E-state index in [1.165, 1.54) is 6.07 Å². The highest BCUT2D eigenvalue weighted by Crippen LogP contribution is 2.25. The van der Waals surface area contributed by atoms with Crippen LogP contribution in [0.25, 0.3) is 0 Å². The van der Waals surface area contributed by atoms with Crippen molar-refractivity contribution in [2.75, 3.05) is 36.0 Å². The number of aromatic nitrogens is 2. The van der Waals surface area contributed by atoms with Crippen molar-refractivity contribution in [2.45, 2.75) is 13.8 Å². The summed E-state index contributed by atoms with van der Waals surface area (Å²) in [6, 6.07) is 8.67. The summed E-state index contributed by atoms with van der Waals surface area (Å²) in [7, 11) is 0. The van der Waals surface area contributed by atoms with E-state index in [2.05, 4.69) is 16.3 Å². The number of hydrogen-bond acceptors (Lipinski definition) is 6. The van der Waals surface area contributed by atoms with Crippen LogP contribution >= 0.6 is 0 Å². The van der Waals surface area contributed by atoms with Gasteiger partial charge in [0.25, 0.3) is 0 Å². The predicted octanol–water partition coefficient (Wildman–Crippen LogP) is 2.30. The standard InChI is InChI=1S/C18H17FN6/c1-12-13(2)22-23-18(15(12)11-21)25-7-5-24(6-8-25)17-4-3-14(10-20)9-16(17)19/h3-4,9H,5-8H2,1-2H3. The number of nitrogens with zero attached hydrogens (tertiary/aromatic N) is 6. The molecule has 0 atom stereocenters. The Balaban J connectivity index is 1.78. The number of halogens is 1. The Morgan fingerprint density at radius 1 is 1.00 bits per heavy atom. The van der Waals surface area contributed by atoms with Crippen molar-refractivity contribution >= 4 is 11.5 Å². The third-order valence-corrected chi connectivity index (χ3v) is 4.54. The minimum Gasteiger partial charge on any atom is -0.366 e. The molecule has 1 saturated heterocycles. The topological polar surface area (TPSA) is 79.8 Å². The minimum absolute atomic E-state index is 0.309. The highest BCUT2D eigenvalue weighted by Gasteiger charge is 2.24. The summed E-state index contributed by atoms with van der Waals surface area (Å²) in [5.41, 5.74) is 2.94. The molecule has 1 aliphatic rings. The molecule has 0 amide bonds. The van der Waals surface area contributed by atoms with Crippen LogP contribution in [0, 0.1) is 42.3 Å². The molecule has 6 nitrogen and oxygen atoms in total. The Hall–Kier alpha value is -3.19. The van der Waals surface area contributed by atoms with Crippen LogP contribution in [0.2, 0.25) is 0 Å². The smallest absolute Gasteiger partial charge is 0.169 e. The predicted molar refractivity (Wildman–Crippen MR) is 91.8 cm³/mol. The zero-order chi connectivity index (χ0) is 18.0. The second-order valence-corrected chi connectivity index (χ2v) is 5.97. The van der Waals surface area contributed by atoms with Crippen LogP contribution in [0.1, 0.15) is 22.4 Å². The Kier molecular flexibility index (Phi) is 4.49. The van der Waals surface area contributed by atoms with E-state index in [0.717, 1.165) is 11.3 Å². The quantitative estimate of drug-likeness (QED) is 0.837. The van der Waals surface area contributed by atoms with Gasteiger partial charge in [0, 0.05) is 26.2 Å². The first kappa shape index (κ1) is 16.7. The summed E-state index contributed by atoms with van der Waals surface area (Å²) < 4.78 is 14.2. The van der Waals surface area contributed by atoms with Crippen LogP contribution in [-0.2, 0) is 0 Å². The first-order chi connectivity index (χ1) is 12.0. The maximum Gasteiger partial charge on any atom is 0.169 e. The molecule has 0 spiro atoms. The summed E-state index contributed by atoms with van der Waals surface area (Å²) in [5, 5.41) is 26.6. The van der Waals surface area contributed by atoms with Crippen molar-refractivity contribution in [1.29, 1.82) is 10.5 Å². The molecule has 2 aromatic rings. The van der Waals surface area contributed by atoms with Gasteiger partial charge >= 0.3 is 0 Å². The summed E-state index contributed by atoms with van der Waals surface area (Å²) in [5.74, 6) is 0.196. The van der Waals surface area contributed by atoms with E-state index >= 15 is 0 Å². The number of anilines is 2. The van der Waals surface area contributed by atoms with Gasteiger partial charge in [0.05, 0.1) is 23.0 Å². The first-order valence-electron chi connectivity index (χ1n) is 7.98. The fourth-order valence-corrected chi connectivity index (χ4v) is 2.94. The number of piperazine rings is 1. The molecule has 0 N–H and O–H groups in total. The lowest BCUT2D eigenvalue weighted by molar-refractivity contribution is 0.594. The molecular weight excluding hydrogens is 319 g/mol. The van der Waals surface area contributed by atoms with Gasteiger partial charge < -0.3 is 9.80 Å². The lowest BCUT2D eigenvalue weighted by atomic mass is 10.1. The van der Waals surface area contributed by atoms with Gasteiger partial charge in [-0.3, -0.25) is 0 Å². The lowest BCUT2D eigenvalue weighted by Gasteiger charge is -2.37. The van der Waals surface area contributed by atoms with E-state index < -0.39 is 5.82 Å². The van der Waals surface area contributed by atoms with E-state index in [0.29, 0.717) is 48.8 Å². The van der Waals surface area contributed by atoms with Crippen molar-refractivity contribution in [3.8, 4) is 12.1 Å². The van der Waals surface area contributed by atoms with Gasteiger partial charge in [-0.1, -0.05) is 0 Å². The fraction of sp³-hybridized carbons (Fsp3) is 0.333. The molecule has 126 valence electrons. The average Bonchev–Trinajstić information content (AvgIpc) is 2.64. The summed E-state index contributed by atoms with van der Waals surface area (Å²) in [4.78, 5) is 3.95. The maximum absolute atomic E-state index is 14.2. The van der Waals surface area contributed by atoms with Crippen LogP contribution in [0.5, 0.6) is 0 Å². The lowest BCUT2D eigenvalue weighted by Crippen LogP contribution is -2.47. The van der Waals surface area contributed by atoms with Crippen LogP contribution in [0.3, 0.4) is 0 Å². The fourth-order valence-electron chi connectivity index (χ4n) is 2.94. The summed E-state index contributed by atoms with van der Waals surface area (Å²) in [6.45, 7) is 6.13.